The monoisotopic (exact) mass is 184 g/mol. The van der Waals surface area contributed by atoms with E-state index in [0.717, 1.165) is 10.1 Å². The van der Waals surface area contributed by atoms with Crippen molar-refractivity contribution in [1.82, 2.24) is 0 Å². The van der Waals surface area contributed by atoms with E-state index in [1.165, 1.54) is 11.3 Å². The first-order valence-electron chi connectivity index (χ1n) is 3.68. The third-order valence-electron chi connectivity index (χ3n) is 1.81. The van der Waals surface area contributed by atoms with Gasteiger partial charge in [-0.2, -0.15) is 10.5 Å². The minimum absolute atomic E-state index is 0.503. The van der Waals surface area contributed by atoms with Gasteiger partial charge in [0.2, 0.25) is 0 Å². The quantitative estimate of drug-likeness (QED) is 0.631. The maximum Gasteiger partial charge on any atom is 0.123 e. The van der Waals surface area contributed by atoms with E-state index in [2.05, 4.69) is 6.07 Å². The van der Waals surface area contributed by atoms with Gasteiger partial charge in [-0.15, -0.1) is 11.3 Å². The van der Waals surface area contributed by atoms with Crippen LogP contribution in [0.3, 0.4) is 0 Å². The van der Waals surface area contributed by atoms with Crippen LogP contribution in [0, 0.1) is 22.7 Å². The lowest BCUT2D eigenvalue weighted by Crippen LogP contribution is -1.73. The third kappa shape index (κ3) is 1.07. The van der Waals surface area contributed by atoms with Gasteiger partial charge in [0.1, 0.15) is 17.0 Å². The zero-order valence-corrected chi connectivity index (χ0v) is 7.43. The molecule has 0 N–H and O–H groups in total. The molecule has 0 fully saturated rings. The molecular weight excluding hydrogens is 180 g/mol. The summed E-state index contributed by atoms with van der Waals surface area (Å²) in [6.45, 7) is 0. The van der Waals surface area contributed by atoms with E-state index in [9.17, 15) is 0 Å². The molecule has 0 aliphatic carbocycles. The number of fused-ring (bicyclic) bond motifs is 1. The Hall–Kier alpha value is -1.84. The van der Waals surface area contributed by atoms with Crippen LogP contribution in [0.4, 0.5) is 0 Å². The molecule has 0 saturated heterocycles. The van der Waals surface area contributed by atoms with Crippen molar-refractivity contribution in [2.75, 3.05) is 0 Å². The lowest BCUT2D eigenvalue weighted by Gasteiger charge is -1.85. The highest BCUT2D eigenvalue weighted by Crippen LogP contribution is 2.29. The summed E-state index contributed by atoms with van der Waals surface area (Å²) in [5.74, 6) is 0. The number of nitriles is 2. The van der Waals surface area contributed by atoms with Gasteiger partial charge >= 0.3 is 0 Å². The smallest absolute Gasteiger partial charge is 0.123 e. The molecule has 0 atom stereocenters. The molecule has 1 aromatic carbocycles. The molecule has 0 radical (unpaired) electrons. The van der Waals surface area contributed by atoms with E-state index >= 15 is 0 Å². The fourth-order valence-electron chi connectivity index (χ4n) is 1.24. The Morgan fingerprint density at radius 1 is 1.08 bits per heavy atom. The van der Waals surface area contributed by atoms with Crippen LogP contribution in [-0.4, -0.2) is 0 Å². The van der Waals surface area contributed by atoms with E-state index in [0.29, 0.717) is 10.4 Å². The molecule has 13 heavy (non-hydrogen) atoms. The van der Waals surface area contributed by atoms with Gasteiger partial charge < -0.3 is 0 Å². The third-order valence-corrected chi connectivity index (χ3v) is 2.88. The SMILES string of the molecule is N#Cc1sc2ccccc2c1C#N. The lowest BCUT2D eigenvalue weighted by atomic mass is 10.1. The molecular formula is C10H4N2S. The van der Waals surface area contributed by atoms with Gasteiger partial charge in [0.25, 0.3) is 0 Å². The normalized spacial score (nSPS) is 9.38. The maximum atomic E-state index is 8.84. The number of thiophene rings is 1. The van der Waals surface area contributed by atoms with Crippen LogP contribution in [0.25, 0.3) is 10.1 Å². The summed E-state index contributed by atoms with van der Waals surface area (Å²) >= 11 is 1.36. The van der Waals surface area contributed by atoms with Crippen LogP contribution in [0.1, 0.15) is 10.4 Å². The van der Waals surface area contributed by atoms with E-state index < -0.39 is 0 Å². The van der Waals surface area contributed by atoms with Crippen LogP contribution >= 0.6 is 11.3 Å². The Morgan fingerprint density at radius 3 is 2.54 bits per heavy atom. The molecule has 60 valence electrons. The molecule has 0 aliphatic rings. The van der Waals surface area contributed by atoms with Crippen molar-refractivity contribution in [3.63, 3.8) is 0 Å². The molecule has 0 bridgehead atoms. The molecule has 3 heteroatoms. The number of hydrogen-bond donors (Lipinski definition) is 0. The Labute approximate surface area is 79.3 Å². The Kier molecular flexibility index (Phi) is 1.73. The summed E-state index contributed by atoms with van der Waals surface area (Å²) in [5.41, 5.74) is 0.503. The van der Waals surface area contributed by atoms with Gasteiger partial charge in [-0.1, -0.05) is 18.2 Å². The standard InChI is InChI=1S/C10H4N2S/c11-5-8-7-3-1-2-4-9(7)13-10(8)6-12/h1-4H. The summed E-state index contributed by atoms with van der Waals surface area (Å²) in [7, 11) is 0. The first-order valence-corrected chi connectivity index (χ1v) is 4.50. The van der Waals surface area contributed by atoms with Crippen molar-refractivity contribution in [1.29, 1.82) is 10.5 Å². The highest BCUT2D eigenvalue weighted by Gasteiger charge is 2.09. The number of hydrogen-bond acceptors (Lipinski definition) is 3. The highest BCUT2D eigenvalue weighted by atomic mass is 32.1. The fourth-order valence-corrected chi connectivity index (χ4v) is 2.19. The molecule has 2 rings (SSSR count). The zero-order chi connectivity index (χ0) is 9.26. The summed E-state index contributed by atoms with van der Waals surface area (Å²) in [5, 5.41) is 18.5. The average molecular weight is 184 g/mol. The van der Waals surface area contributed by atoms with E-state index in [1.54, 1.807) is 0 Å². The molecule has 2 nitrogen and oxygen atoms in total. The van der Waals surface area contributed by atoms with Crippen molar-refractivity contribution < 1.29 is 0 Å². The van der Waals surface area contributed by atoms with E-state index in [4.69, 9.17) is 10.5 Å². The average Bonchev–Trinajstić information content (AvgIpc) is 2.55. The maximum absolute atomic E-state index is 8.84. The molecule has 0 aliphatic heterocycles. The lowest BCUT2D eigenvalue weighted by molar-refractivity contribution is 1.49. The number of rotatable bonds is 0. The van der Waals surface area contributed by atoms with Gasteiger partial charge in [-0.05, 0) is 6.07 Å². The Balaban J connectivity index is 2.93. The predicted octanol–water partition coefficient (Wildman–Crippen LogP) is 2.64. The van der Waals surface area contributed by atoms with Crippen molar-refractivity contribution in [3.8, 4) is 12.1 Å². The van der Waals surface area contributed by atoms with Crippen molar-refractivity contribution in [3.05, 3.63) is 34.7 Å². The van der Waals surface area contributed by atoms with Gasteiger partial charge in [-0.3, -0.25) is 0 Å². The largest absolute Gasteiger partial charge is 0.192 e. The van der Waals surface area contributed by atoms with Crippen molar-refractivity contribution >= 4 is 21.4 Å². The second kappa shape index (κ2) is 2.90. The molecule has 2 aromatic rings. The molecule has 0 saturated carbocycles. The van der Waals surface area contributed by atoms with Gasteiger partial charge in [-0.25, -0.2) is 0 Å². The first-order chi connectivity index (χ1) is 6.36. The van der Waals surface area contributed by atoms with E-state index in [-0.39, 0.29) is 0 Å². The summed E-state index contributed by atoms with van der Waals surface area (Å²) in [4.78, 5) is 0.503. The first kappa shape index (κ1) is 7.79. The Bertz CT molecular complexity index is 540. The minimum Gasteiger partial charge on any atom is -0.192 e. The van der Waals surface area contributed by atoms with Crippen LogP contribution in [-0.2, 0) is 0 Å². The van der Waals surface area contributed by atoms with Crippen LogP contribution < -0.4 is 0 Å². The van der Waals surface area contributed by atoms with Crippen LogP contribution in [0.2, 0.25) is 0 Å². The fraction of sp³-hybridized carbons (Fsp3) is 0. The Morgan fingerprint density at radius 2 is 1.85 bits per heavy atom. The molecule has 1 heterocycles. The summed E-state index contributed by atoms with van der Waals surface area (Å²) < 4.78 is 0.996. The molecule has 1 aromatic heterocycles. The second-order valence-corrected chi connectivity index (χ2v) is 3.58. The number of benzene rings is 1. The topological polar surface area (TPSA) is 47.6 Å². The summed E-state index contributed by atoms with van der Waals surface area (Å²) in [6, 6.07) is 11.6. The van der Waals surface area contributed by atoms with Crippen molar-refractivity contribution in [2.45, 2.75) is 0 Å². The van der Waals surface area contributed by atoms with Crippen molar-refractivity contribution in [2.24, 2.45) is 0 Å². The van der Waals surface area contributed by atoms with Crippen LogP contribution in [0.5, 0.6) is 0 Å². The van der Waals surface area contributed by atoms with Gasteiger partial charge in [0.15, 0.2) is 0 Å². The van der Waals surface area contributed by atoms with Crippen LogP contribution in [0.15, 0.2) is 24.3 Å². The van der Waals surface area contributed by atoms with Gasteiger partial charge in [0.05, 0.1) is 5.56 Å². The molecule has 0 unspecified atom stereocenters. The number of nitrogens with zero attached hydrogens (tertiary/aromatic N) is 2. The molecule has 0 spiro atoms. The molecule has 0 amide bonds. The predicted molar refractivity (Wildman–Crippen MR) is 51.3 cm³/mol. The van der Waals surface area contributed by atoms with Gasteiger partial charge in [0, 0.05) is 10.1 Å². The second-order valence-electron chi connectivity index (χ2n) is 2.53. The highest BCUT2D eigenvalue weighted by molar-refractivity contribution is 7.19. The van der Waals surface area contributed by atoms with E-state index in [1.807, 2.05) is 30.3 Å². The summed E-state index contributed by atoms with van der Waals surface area (Å²) in [6.07, 6.45) is 0. The minimum atomic E-state index is 0.503. The zero-order valence-electron chi connectivity index (χ0n) is 6.61.